The summed E-state index contributed by atoms with van der Waals surface area (Å²) in [6.45, 7) is 2.34. The average molecular weight is 597 g/mol. The molecule has 1 aliphatic rings. The smallest absolute Gasteiger partial charge is 0.433 e. The molecule has 0 aliphatic heterocycles. The zero-order valence-electron chi connectivity index (χ0n) is 22.1. The number of anilines is 1. The van der Waals surface area contributed by atoms with Crippen molar-refractivity contribution in [2.75, 3.05) is 17.7 Å². The van der Waals surface area contributed by atoms with E-state index in [0.717, 1.165) is 23.4 Å². The summed E-state index contributed by atoms with van der Waals surface area (Å²) < 4.78 is 52.9. The first kappa shape index (κ1) is 28.9. The number of aromatic nitrogens is 2. The number of thioether (sulfide) groups is 1. The van der Waals surface area contributed by atoms with E-state index in [0.29, 0.717) is 30.1 Å². The molecule has 13 heteroatoms. The van der Waals surface area contributed by atoms with Crippen LogP contribution in [0.4, 0.5) is 24.5 Å². The van der Waals surface area contributed by atoms with Crippen LogP contribution in [-0.4, -0.2) is 33.2 Å². The van der Waals surface area contributed by atoms with E-state index in [-0.39, 0.29) is 45.7 Å². The minimum Gasteiger partial charge on any atom is -0.494 e. The van der Waals surface area contributed by atoms with E-state index >= 15 is 0 Å². The molecule has 0 unspecified atom stereocenters. The highest BCUT2D eigenvalue weighted by Gasteiger charge is 2.39. The molecule has 3 aromatic carbocycles. The van der Waals surface area contributed by atoms with Crippen LogP contribution in [0.2, 0.25) is 0 Å². The maximum Gasteiger partial charge on any atom is 0.433 e. The number of amides is 1. The molecule has 4 aromatic rings. The molecular formula is C29H23F3N4O5S. The van der Waals surface area contributed by atoms with E-state index in [2.05, 4.69) is 15.3 Å². The van der Waals surface area contributed by atoms with Crippen molar-refractivity contribution in [3.63, 3.8) is 0 Å². The van der Waals surface area contributed by atoms with Crippen molar-refractivity contribution in [2.45, 2.75) is 31.1 Å². The number of nitro groups is 1. The Morgan fingerprint density at radius 3 is 2.48 bits per heavy atom. The number of carbonyl (C=O) groups excluding carboxylic acids is 1. The molecule has 1 heterocycles. The fourth-order valence-corrected chi connectivity index (χ4v) is 5.15. The standard InChI is InChI=1S/C29H23F3N4O5S/c1-2-40-20-8-10-21(11-9-20)41-22-14-18(13-19(15-22)36(38)39)33-25(37)16-42-28-34-26-23-6-4-3-5-17(23)7-12-24(26)27(35-28)29(30,31)32/h3-6,8-11,13-15H,2,7,12,16H2,1H3,(H,33,37). The molecule has 9 nitrogen and oxygen atoms in total. The summed E-state index contributed by atoms with van der Waals surface area (Å²) in [6, 6.07) is 17.5. The van der Waals surface area contributed by atoms with Gasteiger partial charge in [0.2, 0.25) is 5.91 Å². The average Bonchev–Trinajstić information content (AvgIpc) is 2.96. The third kappa shape index (κ3) is 6.62. The molecule has 216 valence electrons. The van der Waals surface area contributed by atoms with Crippen LogP contribution in [0.25, 0.3) is 11.3 Å². The number of halogens is 3. The minimum absolute atomic E-state index is 0.0339. The number of alkyl halides is 3. The topological polar surface area (TPSA) is 116 Å². The van der Waals surface area contributed by atoms with Crippen molar-refractivity contribution in [3.05, 3.63) is 93.7 Å². The van der Waals surface area contributed by atoms with Crippen LogP contribution in [0.15, 0.2) is 71.9 Å². The van der Waals surface area contributed by atoms with E-state index < -0.39 is 22.7 Å². The monoisotopic (exact) mass is 596 g/mol. The molecule has 0 saturated heterocycles. The van der Waals surface area contributed by atoms with Gasteiger partial charge in [0.25, 0.3) is 5.69 Å². The number of non-ortho nitro benzene ring substituents is 1. The van der Waals surface area contributed by atoms with Crippen molar-refractivity contribution in [2.24, 2.45) is 0 Å². The van der Waals surface area contributed by atoms with Crippen LogP contribution in [-0.2, 0) is 23.8 Å². The van der Waals surface area contributed by atoms with Gasteiger partial charge < -0.3 is 14.8 Å². The number of carbonyl (C=O) groups is 1. The number of rotatable bonds is 9. The highest BCUT2D eigenvalue weighted by Crippen LogP contribution is 2.40. The number of nitrogens with one attached hydrogen (secondary N) is 1. The summed E-state index contributed by atoms with van der Waals surface area (Å²) in [4.78, 5) is 31.8. The predicted octanol–water partition coefficient (Wildman–Crippen LogP) is 7.09. The number of hydrogen-bond donors (Lipinski definition) is 1. The van der Waals surface area contributed by atoms with E-state index in [9.17, 15) is 28.1 Å². The van der Waals surface area contributed by atoms with Gasteiger partial charge in [-0.05, 0) is 49.6 Å². The second-order valence-electron chi connectivity index (χ2n) is 9.15. The van der Waals surface area contributed by atoms with Crippen molar-refractivity contribution in [1.29, 1.82) is 0 Å². The van der Waals surface area contributed by atoms with Gasteiger partial charge in [-0.1, -0.05) is 36.0 Å². The summed E-state index contributed by atoms with van der Waals surface area (Å²) in [5.41, 5.74) is 0.470. The number of benzene rings is 3. The van der Waals surface area contributed by atoms with Gasteiger partial charge in [-0.15, -0.1) is 0 Å². The molecule has 42 heavy (non-hydrogen) atoms. The molecule has 0 spiro atoms. The lowest BCUT2D eigenvalue weighted by molar-refractivity contribution is -0.384. The van der Waals surface area contributed by atoms with Gasteiger partial charge in [-0.3, -0.25) is 14.9 Å². The zero-order valence-corrected chi connectivity index (χ0v) is 22.9. The summed E-state index contributed by atoms with van der Waals surface area (Å²) in [5, 5.41) is 13.8. The van der Waals surface area contributed by atoms with Gasteiger partial charge in [0.05, 0.1) is 34.7 Å². The number of fused-ring (bicyclic) bond motifs is 3. The number of aryl methyl sites for hydroxylation is 1. The first-order valence-corrected chi connectivity index (χ1v) is 13.8. The molecular weight excluding hydrogens is 573 g/mol. The van der Waals surface area contributed by atoms with E-state index in [1.807, 2.05) is 19.1 Å². The van der Waals surface area contributed by atoms with E-state index in [4.69, 9.17) is 9.47 Å². The lowest BCUT2D eigenvalue weighted by Crippen LogP contribution is -2.19. The molecule has 1 aliphatic carbocycles. The van der Waals surface area contributed by atoms with Crippen molar-refractivity contribution >= 4 is 29.0 Å². The molecule has 0 fully saturated rings. The second-order valence-corrected chi connectivity index (χ2v) is 10.1. The normalized spacial score (nSPS) is 12.2. The Hall–Kier alpha value is -4.65. The Morgan fingerprint density at radius 1 is 1.02 bits per heavy atom. The van der Waals surface area contributed by atoms with Crippen LogP contribution in [0.5, 0.6) is 17.2 Å². The van der Waals surface area contributed by atoms with Gasteiger partial charge in [0, 0.05) is 23.3 Å². The Balaban J connectivity index is 1.33. The number of ether oxygens (including phenoxy) is 2. The Kier molecular flexibility index (Phi) is 8.29. The van der Waals surface area contributed by atoms with Gasteiger partial charge >= 0.3 is 6.18 Å². The third-order valence-electron chi connectivity index (χ3n) is 6.26. The molecule has 0 radical (unpaired) electrons. The summed E-state index contributed by atoms with van der Waals surface area (Å²) in [7, 11) is 0. The quantitative estimate of drug-likeness (QED) is 0.0942. The third-order valence-corrected chi connectivity index (χ3v) is 7.11. The maximum atomic E-state index is 13.9. The highest BCUT2D eigenvalue weighted by molar-refractivity contribution is 7.99. The maximum absolute atomic E-state index is 13.9. The first-order valence-electron chi connectivity index (χ1n) is 12.8. The first-order chi connectivity index (χ1) is 20.1. The fraction of sp³-hybridized carbons (Fsp3) is 0.207. The van der Waals surface area contributed by atoms with Crippen LogP contribution >= 0.6 is 11.8 Å². The Bertz CT molecular complexity index is 1650. The van der Waals surface area contributed by atoms with Crippen LogP contribution in [0.3, 0.4) is 0 Å². The summed E-state index contributed by atoms with van der Waals surface area (Å²) >= 11 is 0.737. The van der Waals surface area contributed by atoms with Gasteiger partial charge in [-0.2, -0.15) is 13.2 Å². The number of nitrogens with zero attached hydrogens (tertiary/aromatic N) is 3. The van der Waals surface area contributed by atoms with Crippen molar-refractivity contribution < 1.29 is 32.4 Å². The highest BCUT2D eigenvalue weighted by atomic mass is 32.2. The molecule has 0 atom stereocenters. The number of nitro benzene ring substituents is 1. The Morgan fingerprint density at radius 2 is 1.76 bits per heavy atom. The minimum atomic E-state index is -4.69. The van der Waals surface area contributed by atoms with Gasteiger partial charge in [-0.25, -0.2) is 9.97 Å². The molecule has 1 aromatic heterocycles. The Labute approximate surface area is 242 Å². The summed E-state index contributed by atoms with van der Waals surface area (Å²) in [5.74, 6) is 0.156. The van der Waals surface area contributed by atoms with Crippen LogP contribution < -0.4 is 14.8 Å². The molecule has 0 bridgehead atoms. The van der Waals surface area contributed by atoms with Crippen molar-refractivity contribution in [3.8, 4) is 28.5 Å². The zero-order chi connectivity index (χ0) is 29.9. The molecule has 5 rings (SSSR count). The summed E-state index contributed by atoms with van der Waals surface area (Å²) in [6.07, 6.45) is -4.10. The van der Waals surface area contributed by atoms with Crippen LogP contribution in [0, 0.1) is 10.1 Å². The fourth-order valence-electron chi connectivity index (χ4n) is 4.50. The second kappa shape index (κ2) is 12.1. The van der Waals surface area contributed by atoms with Crippen molar-refractivity contribution in [1.82, 2.24) is 9.97 Å². The molecule has 1 amide bonds. The molecule has 1 N–H and O–H groups in total. The SMILES string of the molecule is CCOc1ccc(Oc2cc(NC(=O)CSc3nc4c(c(C(F)(F)F)n3)CCc3ccccc3-4)cc([N+](=O)[O-])c2)cc1. The predicted molar refractivity (Wildman–Crippen MR) is 150 cm³/mol. The lowest BCUT2D eigenvalue weighted by Gasteiger charge is -2.22. The van der Waals surface area contributed by atoms with E-state index in [1.54, 1.807) is 36.4 Å². The van der Waals surface area contributed by atoms with Crippen LogP contribution in [0.1, 0.15) is 23.7 Å². The number of hydrogen-bond acceptors (Lipinski definition) is 8. The van der Waals surface area contributed by atoms with Gasteiger partial charge in [0.15, 0.2) is 10.9 Å². The molecule has 0 saturated carbocycles. The largest absolute Gasteiger partial charge is 0.494 e. The van der Waals surface area contributed by atoms with E-state index in [1.165, 1.54) is 12.1 Å². The van der Waals surface area contributed by atoms with Gasteiger partial charge in [0.1, 0.15) is 17.2 Å². The lowest BCUT2D eigenvalue weighted by atomic mass is 9.88.